The molecule has 1 fully saturated rings. The lowest BCUT2D eigenvalue weighted by Crippen LogP contribution is -2.41. The Morgan fingerprint density at radius 1 is 0.653 bits per heavy atom. The molecule has 2 heterocycles. The largest absolute Gasteiger partial charge is 0.299 e. The fourth-order valence-electron chi connectivity index (χ4n) is 12.3. The number of para-hydroxylation sites is 1. The van der Waals surface area contributed by atoms with Crippen LogP contribution in [-0.2, 0) is 6.42 Å². The number of rotatable bonds is 15. The summed E-state index contributed by atoms with van der Waals surface area (Å²) in [4.78, 5) is 4.90. The SMILES string of the molecule is CC(C)c1cc(-c2ccccc2)cc(C(C)C)c1-n1ccnc1-c1ccc2c(c1)C1=C(CCC=C1)C2.CCCC(CCC)c1cccc(C2CCCCC2)c1-n1cc[n+](C(C)C(C)C)c1-c1ccccc1C. The third kappa shape index (κ3) is 10.4. The van der Waals surface area contributed by atoms with Crippen LogP contribution in [0.3, 0.4) is 0 Å². The first-order valence-electron chi connectivity index (χ1n) is 28.1. The highest BCUT2D eigenvalue weighted by atomic mass is 15.2. The number of nitrogens with zero attached hydrogens (tertiary/aromatic N) is 4. The number of aromatic nitrogens is 4. The molecular weight excluding hydrogens is 873 g/mol. The zero-order valence-electron chi connectivity index (χ0n) is 45.5. The van der Waals surface area contributed by atoms with Gasteiger partial charge in [-0.25, -0.2) is 9.55 Å². The lowest BCUT2D eigenvalue weighted by molar-refractivity contribution is -0.714. The maximum Gasteiger partial charge on any atom is 0.294 e. The first-order chi connectivity index (χ1) is 35.0. The molecule has 7 aromatic rings. The van der Waals surface area contributed by atoms with Gasteiger partial charge in [0.2, 0.25) is 0 Å². The molecule has 3 aliphatic carbocycles. The Kier molecular flexibility index (Phi) is 16.1. The maximum absolute atomic E-state index is 4.90. The van der Waals surface area contributed by atoms with Crippen molar-refractivity contribution in [1.29, 1.82) is 0 Å². The van der Waals surface area contributed by atoms with E-state index >= 15 is 0 Å². The number of hydrogen-bond donors (Lipinski definition) is 0. The molecule has 5 aromatic carbocycles. The van der Waals surface area contributed by atoms with Gasteiger partial charge in [-0.3, -0.25) is 4.57 Å². The molecule has 0 N–H and O–H groups in total. The summed E-state index contributed by atoms with van der Waals surface area (Å²) in [5.41, 5.74) is 20.9. The van der Waals surface area contributed by atoms with E-state index in [2.05, 4.69) is 217 Å². The predicted molar refractivity (Wildman–Crippen MR) is 306 cm³/mol. The Balaban J connectivity index is 0.000000178. The zero-order chi connectivity index (χ0) is 50.5. The van der Waals surface area contributed by atoms with E-state index in [9.17, 15) is 0 Å². The number of hydrogen-bond acceptors (Lipinski definition) is 1. The molecule has 1 atom stereocenters. The van der Waals surface area contributed by atoms with E-state index in [0.29, 0.717) is 35.6 Å². The average Bonchev–Trinajstić information content (AvgIpc) is 4.16. The van der Waals surface area contributed by atoms with Crippen LogP contribution in [-0.4, -0.2) is 14.1 Å². The van der Waals surface area contributed by atoms with Crippen molar-refractivity contribution in [3.05, 3.63) is 185 Å². The van der Waals surface area contributed by atoms with Crippen molar-refractivity contribution in [3.8, 4) is 45.3 Å². The van der Waals surface area contributed by atoms with E-state index in [1.165, 1.54) is 143 Å². The number of imidazole rings is 2. The van der Waals surface area contributed by atoms with Gasteiger partial charge in [0.25, 0.3) is 5.82 Å². The minimum absolute atomic E-state index is 0.386. The Bertz CT molecular complexity index is 2980. The van der Waals surface area contributed by atoms with Crippen LogP contribution in [0.25, 0.3) is 50.9 Å². The molecule has 374 valence electrons. The fourth-order valence-corrected chi connectivity index (χ4v) is 12.3. The molecule has 1 saturated carbocycles. The second-order valence-corrected chi connectivity index (χ2v) is 22.4. The first-order valence-corrected chi connectivity index (χ1v) is 28.1. The number of benzene rings is 5. The van der Waals surface area contributed by atoms with E-state index < -0.39 is 0 Å². The van der Waals surface area contributed by atoms with E-state index in [1.807, 2.05) is 6.20 Å². The minimum atomic E-state index is 0.386. The molecule has 0 saturated heterocycles. The topological polar surface area (TPSA) is 26.6 Å². The van der Waals surface area contributed by atoms with Crippen LogP contribution in [0.5, 0.6) is 0 Å². The Morgan fingerprint density at radius 2 is 1.36 bits per heavy atom. The van der Waals surface area contributed by atoms with Crippen LogP contribution in [0.1, 0.15) is 202 Å². The van der Waals surface area contributed by atoms with Crippen LogP contribution in [0.15, 0.2) is 146 Å². The Labute approximate surface area is 434 Å². The summed E-state index contributed by atoms with van der Waals surface area (Å²) in [5, 5.41) is 0. The molecule has 4 nitrogen and oxygen atoms in total. The van der Waals surface area contributed by atoms with E-state index in [0.717, 1.165) is 12.2 Å². The second kappa shape index (κ2) is 22.8. The first kappa shape index (κ1) is 50.9. The normalized spacial score (nSPS) is 15.1. The molecule has 1 unspecified atom stereocenters. The van der Waals surface area contributed by atoms with Crippen LogP contribution >= 0.6 is 0 Å². The van der Waals surface area contributed by atoms with Gasteiger partial charge in [0, 0.05) is 29.1 Å². The molecule has 0 bridgehead atoms. The number of aryl methyl sites for hydroxylation is 1. The van der Waals surface area contributed by atoms with Gasteiger partial charge < -0.3 is 0 Å². The summed E-state index contributed by atoms with van der Waals surface area (Å²) >= 11 is 0. The predicted octanol–water partition coefficient (Wildman–Crippen LogP) is 18.8. The smallest absolute Gasteiger partial charge is 0.294 e. The fraction of sp³-hybridized carbons (Fsp3) is 0.412. The Morgan fingerprint density at radius 3 is 2.04 bits per heavy atom. The molecular formula is C68H83N4+. The van der Waals surface area contributed by atoms with Crippen LogP contribution in [0.4, 0.5) is 0 Å². The highest BCUT2D eigenvalue weighted by Crippen LogP contribution is 2.44. The van der Waals surface area contributed by atoms with Crippen LogP contribution < -0.4 is 4.57 Å². The van der Waals surface area contributed by atoms with Crippen LogP contribution in [0, 0.1) is 12.8 Å². The van der Waals surface area contributed by atoms with Gasteiger partial charge in [0.15, 0.2) is 0 Å². The van der Waals surface area contributed by atoms with Gasteiger partial charge in [-0.2, -0.15) is 4.57 Å². The van der Waals surface area contributed by atoms with Crippen molar-refractivity contribution >= 4 is 5.57 Å². The van der Waals surface area contributed by atoms with Gasteiger partial charge in [-0.15, -0.1) is 0 Å². The van der Waals surface area contributed by atoms with Gasteiger partial charge in [-0.1, -0.05) is 184 Å². The molecule has 4 heteroatoms. The van der Waals surface area contributed by atoms with Crippen molar-refractivity contribution < 1.29 is 4.57 Å². The summed E-state index contributed by atoms with van der Waals surface area (Å²) in [7, 11) is 0. The summed E-state index contributed by atoms with van der Waals surface area (Å²) in [6, 6.07) is 39.1. The van der Waals surface area contributed by atoms with Crippen molar-refractivity contribution in [3.63, 3.8) is 0 Å². The lowest BCUT2D eigenvalue weighted by Gasteiger charge is -2.27. The molecule has 2 aromatic heterocycles. The zero-order valence-corrected chi connectivity index (χ0v) is 45.5. The van der Waals surface area contributed by atoms with Gasteiger partial charge in [0.1, 0.15) is 29.9 Å². The highest BCUT2D eigenvalue weighted by molar-refractivity contribution is 5.86. The van der Waals surface area contributed by atoms with Gasteiger partial charge in [-0.05, 0) is 157 Å². The minimum Gasteiger partial charge on any atom is -0.299 e. The average molecular weight is 956 g/mol. The van der Waals surface area contributed by atoms with E-state index in [4.69, 9.17) is 4.98 Å². The number of allylic oxidation sites excluding steroid dienone is 4. The monoisotopic (exact) mass is 956 g/mol. The molecule has 10 rings (SSSR count). The molecule has 3 aliphatic rings. The summed E-state index contributed by atoms with van der Waals surface area (Å²) in [6.45, 7) is 23.2. The van der Waals surface area contributed by atoms with Crippen molar-refractivity contribution in [1.82, 2.24) is 14.1 Å². The van der Waals surface area contributed by atoms with Crippen molar-refractivity contribution in [2.45, 2.75) is 176 Å². The van der Waals surface area contributed by atoms with Gasteiger partial charge in [0.05, 0.1) is 11.3 Å². The van der Waals surface area contributed by atoms with Crippen molar-refractivity contribution in [2.75, 3.05) is 0 Å². The molecule has 0 aliphatic heterocycles. The maximum atomic E-state index is 4.90. The third-order valence-corrected chi connectivity index (χ3v) is 16.5. The molecule has 0 amide bonds. The van der Waals surface area contributed by atoms with E-state index in [-0.39, 0.29) is 0 Å². The Hall–Kier alpha value is -6.00. The summed E-state index contributed by atoms with van der Waals surface area (Å²) in [6.07, 6.45) is 28.7. The molecule has 0 radical (unpaired) electrons. The summed E-state index contributed by atoms with van der Waals surface area (Å²) in [5.74, 6) is 4.97. The van der Waals surface area contributed by atoms with Gasteiger partial charge >= 0.3 is 0 Å². The lowest BCUT2D eigenvalue weighted by atomic mass is 9.80. The highest BCUT2D eigenvalue weighted by Gasteiger charge is 2.33. The van der Waals surface area contributed by atoms with E-state index in [1.54, 1.807) is 16.7 Å². The quantitative estimate of drug-likeness (QED) is 0.0941. The standard InChI is InChI=1S/C34H34N2.C34H49N2/c1-22(2)30-20-28(24-10-6-5-7-11-24)21-31(23(3)4)33(30)36-17-16-35-34(36)27-15-14-26-18-25-12-8-9-13-29(25)32(26)19-27;1-7-15-28(16-8-2)31-21-14-22-32(29-18-10-9-11-19-29)33(31)36-24-23-35(27(6)25(3)4)34(36)30-20-13-12-17-26(30)5/h5-7,9-11,13-17,19-23H,8,12,18H2,1-4H3;12-14,17,20-25,27-29H,7-11,15-16,18-19H2,1-6H3/q;+1. The summed E-state index contributed by atoms with van der Waals surface area (Å²) < 4.78 is 7.48. The number of fused-ring (bicyclic) bond motifs is 2. The third-order valence-electron chi connectivity index (χ3n) is 16.5. The molecule has 0 spiro atoms. The van der Waals surface area contributed by atoms with Crippen LogP contribution in [0.2, 0.25) is 0 Å². The second-order valence-electron chi connectivity index (χ2n) is 22.4. The molecule has 72 heavy (non-hydrogen) atoms. The van der Waals surface area contributed by atoms with Crippen molar-refractivity contribution in [2.24, 2.45) is 5.92 Å².